The molecular weight excluding hydrogens is 276 g/mol. The van der Waals surface area contributed by atoms with Gasteiger partial charge in [0.25, 0.3) is 0 Å². The number of rotatable bonds is 6. The van der Waals surface area contributed by atoms with Crippen molar-refractivity contribution in [2.75, 3.05) is 14.2 Å². The molecule has 1 N–H and O–H groups in total. The Hall–Kier alpha value is -2.14. The van der Waals surface area contributed by atoms with E-state index >= 15 is 0 Å². The van der Waals surface area contributed by atoms with Crippen LogP contribution < -0.4 is 14.8 Å². The summed E-state index contributed by atoms with van der Waals surface area (Å²) in [5.41, 5.74) is 1.70. The fourth-order valence-corrected chi connectivity index (χ4v) is 1.99. The number of hydrogen-bond donors (Lipinski definition) is 1. The minimum absolute atomic E-state index is 0.450. The molecule has 112 valence electrons. The van der Waals surface area contributed by atoms with E-state index in [0.717, 1.165) is 11.6 Å². The fraction of sp³-hybridized carbons (Fsp3) is 0.250. The highest BCUT2D eigenvalue weighted by Crippen LogP contribution is 2.27. The Kier molecular flexibility index (Phi) is 5.11. The molecule has 0 bridgehead atoms. The number of ether oxygens (including phenoxy) is 2. The van der Waals surface area contributed by atoms with Crippen LogP contribution in [0.1, 0.15) is 11.1 Å². The highest BCUT2D eigenvalue weighted by molar-refractivity contribution is 5.42. The topological polar surface area (TPSA) is 30.5 Å². The molecule has 5 heteroatoms. The van der Waals surface area contributed by atoms with Crippen LogP contribution in [0.15, 0.2) is 36.4 Å². The third-order valence-corrected chi connectivity index (χ3v) is 3.09. The summed E-state index contributed by atoms with van der Waals surface area (Å²) in [6, 6.07) is 9.49. The lowest BCUT2D eigenvalue weighted by Gasteiger charge is -2.10. The van der Waals surface area contributed by atoms with Crippen molar-refractivity contribution in [1.82, 2.24) is 5.32 Å². The van der Waals surface area contributed by atoms with Gasteiger partial charge in [-0.25, -0.2) is 8.78 Å². The Morgan fingerprint density at radius 1 is 0.810 bits per heavy atom. The molecule has 2 rings (SSSR count). The first-order valence-corrected chi connectivity index (χ1v) is 6.49. The van der Waals surface area contributed by atoms with Crippen LogP contribution in [0.3, 0.4) is 0 Å². The van der Waals surface area contributed by atoms with Gasteiger partial charge in [-0.1, -0.05) is 12.1 Å². The van der Waals surface area contributed by atoms with Crippen LogP contribution in [0.4, 0.5) is 8.78 Å². The van der Waals surface area contributed by atoms with Crippen molar-refractivity contribution < 1.29 is 18.3 Å². The predicted molar refractivity (Wildman–Crippen MR) is 76.4 cm³/mol. The van der Waals surface area contributed by atoms with E-state index in [4.69, 9.17) is 9.47 Å². The number of nitrogens with one attached hydrogen (secondary N) is 1. The lowest BCUT2D eigenvalue weighted by atomic mass is 10.2. The molecule has 0 saturated heterocycles. The monoisotopic (exact) mass is 293 g/mol. The number of halogens is 2. The van der Waals surface area contributed by atoms with E-state index in [1.807, 2.05) is 18.2 Å². The molecule has 2 aromatic carbocycles. The second-order valence-electron chi connectivity index (χ2n) is 4.54. The van der Waals surface area contributed by atoms with Crippen molar-refractivity contribution >= 4 is 0 Å². The molecule has 0 radical (unpaired) electrons. The maximum atomic E-state index is 13.1. The molecule has 0 amide bonds. The van der Waals surface area contributed by atoms with Gasteiger partial charge < -0.3 is 14.8 Å². The Morgan fingerprint density at radius 3 is 2.05 bits per heavy atom. The lowest BCUT2D eigenvalue weighted by Crippen LogP contribution is -2.13. The van der Waals surface area contributed by atoms with Crippen molar-refractivity contribution in [2.24, 2.45) is 0 Å². The smallest absolute Gasteiger partial charge is 0.161 e. The first-order valence-electron chi connectivity index (χ1n) is 6.49. The molecule has 0 aliphatic carbocycles. The third kappa shape index (κ3) is 3.92. The van der Waals surface area contributed by atoms with Gasteiger partial charge in [-0.05, 0) is 35.4 Å². The summed E-state index contributed by atoms with van der Waals surface area (Å²) in [5.74, 6) is -0.342. The van der Waals surface area contributed by atoms with Crippen molar-refractivity contribution in [3.8, 4) is 11.5 Å². The third-order valence-electron chi connectivity index (χ3n) is 3.09. The molecule has 0 spiro atoms. The van der Waals surface area contributed by atoms with Gasteiger partial charge >= 0.3 is 0 Å². The molecule has 0 aliphatic heterocycles. The van der Waals surface area contributed by atoms with E-state index < -0.39 is 11.6 Å². The van der Waals surface area contributed by atoms with E-state index in [-0.39, 0.29) is 0 Å². The summed E-state index contributed by atoms with van der Waals surface area (Å²) in [7, 11) is 3.16. The van der Waals surface area contributed by atoms with Crippen molar-refractivity contribution in [3.05, 3.63) is 59.2 Å². The summed E-state index contributed by atoms with van der Waals surface area (Å²) in [4.78, 5) is 0. The quantitative estimate of drug-likeness (QED) is 0.886. The number of hydrogen-bond acceptors (Lipinski definition) is 3. The Morgan fingerprint density at radius 2 is 1.43 bits per heavy atom. The summed E-state index contributed by atoms with van der Waals surface area (Å²) in [6.45, 7) is 1.03. The standard InChI is InChI=1S/C16H17F2NO2/c1-20-15-6-4-12(8-16(15)21-2)10-19-9-11-3-5-13(17)14(18)7-11/h3-8,19H,9-10H2,1-2H3. The van der Waals surface area contributed by atoms with Gasteiger partial charge in [-0.2, -0.15) is 0 Å². The molecule has 0 heterocycles. The second kappa shape index (κ2) is 7.04. The molecular formula is C16H17F2NO2. The highest BCUT2D eigenvalue weighted by atomic mass is 19.2. The summed E-state index contributed by atoms with van der Waals surface area (Å²) < 4.78 is 36.3. The lowest BCUT2D eigenvalue weighted by molar-refractivity contribution is 0.354. The zero-order chi connectivity index (χ0) is 15.2. The number of methoxy groups -OCH3 is 2. The molecule has 0 saturated carbocycles. The SMILES string of the molecule is COc1ccc(CNCc2ccc(F)c(F)c2)cc1OC. The van der Waals surface area contributed by atoms with E-state index in [2.05, 4.69) is 5.32 Å². The van der Waals surface area contributed by atoms with Crippen LogP contribution in [0, 0.1) is 11.6 Å². The van der Waals surface area contributed by atoms with Gasteiger partial charge in [-0.3, -0.25) is 0 Å². The van der Waals surface area contributed by atoms with Crippen molar-refractivity contribution in [3.63, 3.8) is 0 Å². The van der Waals surface area contributed by atoms with Crippen LogP contribution in [0.25, 0.3) is 0 Å². The molecule has 0 atom stereocenters. The Bertz CT molecular complexity index is 617. The molecule has 21 heavy (non-hydrogen) atoms. The molecule has 0 unspecified atom stereocenters. The summed E-state index contributed by atoms with van der Waals surface area (Å²) in [5, 5.41) is 3.17. The Labute approximate surface area is 122 Å². The summed E-state index contributed by atoms with van der Waals surface area (Å²) in [6.07, 6.45) is 0. The van der Waals surface area contributed by atoms with Crippen LogP contribution in [-0.2, 0) is 13.1 Å². The first kappa shape index (κ1) is 15.3. The van der Waals surface area contributed by atoms with Crippen molar-refractivity contribution in [2.45, 2.75) is 13.1 Å². The van der Waals surface area contributed by atoms with Gasteiger partial charge in [0.15, 0.2) is 23.1 Å². The normalized spacial score (nSPS) is 10.5. The average Bonchev–Trinajstić information content (AvgIpc) is 2.50. The van der Waals surface area contributed by atoms with Gasteiger partial charge in [0.2, 0.25) is 0 Å². The van der Waals surface area contributed by atoms with Crippen LogP contribution in [0.2, 0.25) is 0 Å². The largest absolute Gasteiger partial charge is 0.493 e. The van der Waals surface area contributed by atoms with E-state index in [1.54, 1.807) is 20.3 Å². The van der Waals surface area contributed by atoms with Crippen LogP contribution >= 0.6 is 0 Å². The zero-order valence-electron chi connectivity index (χ0n) is 12.0. The first-order chi connectivity index (χ1) is 10.1. The molecule has 2 aromatic rings. The Balaban J connectivity index is 1.95. The maximum absolute atomic E-state index is 13.1. The van der Waals surface area contributed by atoms with Gasteiger partial charge in [-0.15, -0.1) is 0 Å². The molecule has 3 nitrogen and oxygen atoms in total. The van der Waals surface area contributed by atoms with E-state index in [1.165, 1.54) is 6.07 Å². The fourth-order valence-electron chi connectivity index (χ4n) is 1.99. The minimum atomic E-state index is -0.835. The van der Waals surface area contributed by atoms with E-state index in [0.29, 0.717) is 30.2 Å². The van der Waals surface area contributed by atoms with Gasteiger partial charge in [0.05, 0.1) is 14.2 Å². The van der Waals surface area contributed by atoms with Gasteiger partial charge in [0, 0.05) is 13.1 Å². The maximum Gasteiger partial charge on any atom is 0.161 e. The number of benzene rings is 2. The molecule has 0 fully saturated rings. The van der Waals surface area contributed by atoms with Gasteiger partial charge in [0.1, 0.15) is 0 Å². The average molecular weight is 293 g/mol. The second-order valence-corrected chi connectivity index (χ2v) is 4.54. The van der Waals surface area contributed by atoms with Crippen molar-refractivity contribution in [1.29, 1.82) is 0 Å². The predicted octanol–water partition coefficient (Wildman–Crippen LogP) is 3.27. The molecule has 0 aliphatic rings. The zero-order valence-corrected chi connectivity index (χ0v) is 12.0. The van der Waals surface area contributed by atoms with Crippen LogP contribution in [-0.4, -0.2) is 14.2 Å². The molecule has 0 aromatic heterocycles. The highest BCUT2D eigenvalue weighted by Gasteiger charge is 2.05. The minimum Gasteiger partial charge on any atom is -0.493 e. The summed E-state index contributed by atoms with van der Waals surface area (Å²) >= 11 is 0. The van der Waals surface area contributed by atoms with Crippen LogP contribution in [0.5, 0.6) is 11.5 Å². The van der Waals surface area contributed by atoms with E-state index in [9.17, 15) is 8.78 Å².